The van der Waals surface area contributed by atoms with Gasteiger partial charge in [-0.1, -0.05) is 18.2 Å². The number of pyridine rings is 2. The first-order valence-corrected chi connectivity index (χ1v) is 5.84. The summed E-state index contributed by atoms with van der Waals surface area (Å²) in [5.41, 5.74) is 3.73. The van der Waals surface area contributed by atoms with E-state index in [-0.39, 0.29) is 5.78 Å². The number of Topliss-reactive ketones (excluding diaryl/α,β-unsaturated/α-hetero) is 1. The van der Waals surface area contributed by atoms with Crippen LogP contribution in [0.4, 0.5) is 0 Å². The first kappa shape index (κ1) is 11.1. The molecule has 1 aliphatic rings. The van der Waals surface area contributed by atoms with Crippen molar-refractivity contribution in [3.63, 3.8) is 0 Å². The topological polar surface area (TPSA) is 42.9 Å². The molecule has 3 rings (SSSR count). The van der Waals surface area contributed by atoms with Crippen molar-refractivity contribution in [3.05, 3.63) is 52.8 Å². The third-order valence-corrected chi connectivity index (χ3v) is 3.17. The van der Waals surface area contributed by atoms with Gasteiger partial charge in [0.25, 0.3) is 0 Å². The number of fused-ring (bicyclic) bond motifs is 3. The summed E-state index contributed by atoms with van der Waals surface area (Å²) in [4.78, 5) is 20.8. The van der Waals surface area contributed by atoms with Crippen LogP contribution in [0.25, 0.3) is 17.0 Å². The number of ketones is 1. The molecule has 0 bridgehead atoms. The first-order valence-electron chi connectivity index (χ1n) is 5.46. The number of nitrogens with zero attached hydrogens (tertiary/aromatic N) is 2. The van der Waals surface area contributed by atoms with Crippen molar-refractivity contribution < 1.29 is 4.79 Å². The second kappa shape index (κ2) is 3.75. The third kappa shape index (κ3) is 1.48. The summed E-state index contributed by atoms with van der Waals surface area (Å²) in [6.07, 6.45) is 0. The minimum atomic E-state index is -0.103. The van der Waals surface area contributed by atoms with Gasteiger partial charge in [-0.2, -0.15) is 0 Å². The van der Waals surface area contributed by atoms with Gasteiger partial charge in [-0.25, -0.2) is 4.98 Å². The van der Waals surface area contributed by atoms with Gasteiger partial charge in [0.15, 0.2) is 5.78 Å². The second-order valence-electron chi connectivity index (χ2n) is 4.19. The average Bonchev–Trinajstić information content (AvgIpc) is 2.36. The van der Waals surface area contributed by atoms with Crippen LogP contribution in [0.1, 0.15) is 21.6 Å². The Labute approximate surface area is 109 Å². The molecule has 0 N–H and O–H groups in total. The van der Waals surface area contributed by atoms with Crippen LogP contribution in [0.5, 0.6) is 0 Å². The predicted octanol–water partition coefficient (Wildman–Crippen LogP) is 3.31. The van der Waals surface area contributed by atoms with Crippen LogP contribution >= 0.6 is 11.6 Å². The molecular formula is C14H9ClN2O. The summed E-state index contributed by atoms with van der Waals surface area (Å²) in [6, 6.07) is 6.98. The molecule has 0 amide bonds. The lowest BCUT2D eigenvalue weighted by atomic mass is 9.88. The molecule has 2 aromatic rings. The van der Waals surface area contributed by atoms with E-state index in [0.717, 1.165) is 5.69 Å². The zero-order chi connectivity index (χ0) is 12.9. The van der Waals surface area contributed by atoms with Gasteiger partial charge in [-0.05, 0) is 31.2 Å². The van der Waals surface area contributed by atoms with Gasteiger partial charge >= 0.3 is 0 Å². The molecule has 0 saturated carbocycles. The van der Waals surface area contributed by atoms with Gasteiger partial charge in [0.1, 0.15) is 10.8 Å². The Balaban J connectivity index is 2.40. The van der Waals surface area contributed by atoms with E-state index in [4.69, 9.17) is 11.6 Å². The monoisotopic (exact) mass is 256 g/mol. The highest BCUT2D eigenvalue weighted by atomic mass is 35.5. The second-order valence-corrected chi connectivity index (χ2v) is 4.57. The lowest BCUT2D eigenvalue weighted by molar-refractivity contribution is 0.105. The normalized spacial score (nSPS) is 13.2. The fraction of sp³-hybridized carbons (Fsp3) is 0.0714. The van der Waals surface area contributed by atoms with Crippen molar-refractivity contribution in [2.75, 3.05) is 0 Å². The SMILES string of the molecule is C=C1C(=O)c2ccc(C)nc2-c2nc(Cl)ccc21. The van der Waals surface area contributed by atoms with E-state index >= 15 is 0 Å². The molecule has 0 aliphatic heterocycles. The predicted molar refractivity (Wildman–Crippen MR) is 70.6 cm³/mol. The fourth-order valence-corrected chi connectivity index (χ4v) is 2.21. The molecule has 0 saturated heterocycles. The van der Waals surface area contributed by atoms with Gasteiger partial charge < -0.3 is 0 Å². The zero-order valence-corrected chi connectivity index (χ0v) is 10.5. The Morgan fingerprint density at radius 1 is 1.06 bits per heavy atom. The Morgan fingerprint density at radius 3 is 2.50 bits per heavy atom. The van der Waals surface area contributed by atoms with Crippen LogP contribution in [0.2, 0.25) is 5.15 Å². The summed E-state index contributed by atoms with van der Waals surface area (Å²) in [7, 11) is 0. The molecule has 0 unspecified atom stereocenters. The minimum absolute atomic E-state index is 0.103. The molecule has 2 heterocycles. The Bertz CT molecular complexity index is 645. The highest BCUT2D eigenvalue weighted by Gasteiger charge is 2.28. The number of hydrogen-bond acceptors (Lipinski definition) is 3. The first-order chi connectivity index (χ1) is 8.58. The standard InChI is InChI=1S/C14H9ClN2O/c1-7-3-4-10-13(16-7)12-9(8(2)14(10)18)5-6-11(15)17-12/h3-6H,2H2,1H3. The molecule has 18 heavy (non-hydrogen) atoms. The van der Waals surface area contributed by atoms with Crippen LogP contribution in [-0.2, 0) is 0 Å². The van der Waals surface area contributed by atoms with E-state index in [1.54, 1.807) is 24.3 Å². The van der Waals surface area contributed by atoms with Gasteiger partial charge in [0.2, 0.25) is 0 Å². The summed E-state index contributed by atoms with van der Waals surface area (Å²) < 4.78 is 0. The molecule has 2 aromatic heterocycles. The molecule has 1 aliphatic carbocycles. The van der Waals surface area contributed by atoms with Gasteiger partial charge in [-0.3, -0.25) is 9.78 Å². The van der Waals surface area contributed by atoms with E-state index in [9.17, 15) is 4.79 Å². The van der Waals surface area contributed by atoms with E-state index in [1.807, 2.05) is 6.92 Å². The number of aryl methyl sites for hydroxylation is 1. The molecule has 4 heteroatoms. The quantitative estimate of drug-likeness (QED) is 0.536. The summed E-state index contributed by atoms with van der Waals surface area (Å²) in [6.45, 7) is 5.70. The van der Waals surface area contributed by atoms with Crippen LogP contribution in [-0.4, -0.2) is 15.8 Å². The van der Waals surface area contributed by atoms with Crippen LogP contribution < -0.4 is 0 Å². The maximum absolute atomic E-state index is 12.2. The molecular weight excluding hydrogens is 248 g/mol. The van der Waals surface area contributed by atoms with E-state index < -0.39 is 0 Å². The van der Waals surface area contributed by atoms with Crippen molar-refractivity contribution in [1.82, 2.24) is 9.97 Å². The number of carbonyl (C=O) groups excluding carboxylic acids is 1. The fourth-order valence-electron chi connectivity index (χ4n) is 2.06. The average molecular weight is 257 g/mol. The van der Waals surface area contributed by atoms with E-state index in [1.165, 1.54) is 0 Å². The van der Waals surface area contributed by atoms with Crippen molar-refractivity contribution in [2.24, 2.45) is 0 Å². The molecule has 0 aromatic carbocycles. The molecule has 3 nitrogen and oxygen atoms in total. The number of allylic oxidation sites excluding steroid dienone is 1. The molecule has 0 atom stereocenters. The molecule has 0 fully saturated rings. The number of rotatable bonds is 0. The smallest absolute Gasteiger partial charge is 0.195 e. The Hall–Kier alpha value is -2.00. The molecule has 0 radical (unpaired) electrons. The van der Waals surface area contributed by atoms with E-state index in [2.05, 4.69) is 16.5 Å². The van der Waals surface area contributed by atoms with Gasteiger partial charge in [-0.15, -0.1) is 0 Å². The van der Waals surface area contributed by atoms with Crippen LogP contribution in [0.3, 0.4) is 0 Å². The Kier molecular flexibility index (Phi) is 2.31. The number of carbonyl (C=O) groups is 1. The number of hydrogen-bond donors (Lipinski definition) is 0. The summed E-state index contributed by atoms with van der Waals surface area (Å²) >= 11 is 5.91. The number of aromatic nitrogens is 2. The summed E-state index contributed by atoms with van der Waals surface area (Å²) in [5.74, 6) is -0.103. The lowest BCUT2D eigenvalue weighted by Gasteiger charge is -2.19. The molecule has 88 valence electrons. The maximum atomic E-state index is 12.2. The van der Waals surface area contributed by atoms with Gasteiger partial charge in [0.05, 0.1) is 11.3 Å². The largest absolute Gasteiger partial charge is 0.289 e. The van der Waals surface area contributed by atoms with E-state index in [0.29, 0.717) is 33.2 Å². The zero-order valence-electron chi connectivity index (χ0n) is 9.70. The Morgan fingerprint density at radius 2 is 1.72 bits per heavy atom. The van der Waals surface area contributed by atoms with Crippen molar-refractivity contribution >= 4 is 23.0 Å². The highest BCUT2D eigenvalue weighted by Crippen LogP contribution is 2.36. The van der Waals surface area contributed by atoms with Gasteiger partial charge in [0, 0.05) is 16.8 Å². The highest BCUT2D eigenvalue weighted by molar-refractivity contribution is 6.34. The third-order valence-electron chi connectivity index (χ3n) is 2.96. The maximum Gasteiger partial charge on any atom is 0.195 e. The van der Waals surface area contributed by atoms with Crippen molar-refractivity contribution in [1.29, 1.82) is 0 Å². The van der Waals surface area contributed by atoms with Crippen molar-refractivity contribution in [3.8, 4) is 11.4 Å². The number of halogens is 1. The lowest BCUT2D eigenvalue weighted by Crippen LogP contribution is -2.13. The summed E-state index contributed by atoms with van der Waals surface area (Å²) in [5, 5.41) is 0.380. The van der Waals surface area contributed by atoms with Crippen molar-refractivity contribution in [2.45, 2.75) is 6.92 Å². The minimum Gasteiger partial charge on any atom is -0.289 e. The van der Waals surface area contributed by atoms with Crippen LogP contribution in [0, 0.1) is 6.92 Å². The molecule has 0 spiro atoms. The van der Waals surface area contributed by atoms with Crippen LogP contribution in [0.15, 0.2) is 30.8 Å².